The van der Waals surface area contributed by atoms with E-state index in [1.54, 1.807) is 0 Å². The zero-order valence-electron chi connectivity index (χ0n) is 12.4. The molecule has 112 valence electrons. The predicted octanol–water partition coefficient (Wildman–Crippen LogP) is 0.622. The van der Waals surface area contributed by atoms with Crippen LogP contribution in [0, 0.1) is 5.92 Å². The molecule has 2 N–H and O–H groups in total. The van der Waals surface area contributed by atoms with Gasteiger partial charge in [0.15, 0.2) is 0 Å². The monoisotopic (exact) mass is 272 g/mol. The number of aliphatic hydroxyl groups is 1. The van der Waals surface area contributed by atoms with E-state index in [1.165, 1.54) is 0 Å². The van der Waals surface area contributed by atoms with Crippen LogP contribution >= 0.6 is 0 Å². The first-order valence-corrected chi connectivity index (χ1v) is 7.17. The van der Waals surface area contributed by atoms with Crippen LogP contribution in [0.15, 0.2) is 0 Å². The lowest BCUT2D eigenvalue weighted by molar-refractivity contribution is -0.123. The maximum atomic E-state index is 11.7. The summed E-state index contributed by atoms with van der Waals surface area (Å²) in [6.45, 7) is 7.06. The second-order valence-corrected chi connectivity index (χ2v) is 6.04. The Bertz CT molecular complexity index is 276. The van der Waals surface area contributed by atoms with Crippen molar-refractivity contribution < 1.29 is 14.6 Å². The molecule has 19 heavy (non-hydrogen) atoms. The van der Waals surface area contributed by atoms with Gasteiger partial charge >= 0.3 is 0 Å². The molecule has 0 bridgehead atoms. The number of carbonyl (C=O) groups is 1. The molecule has 5 nitrogen and oxygen atoms in total. The normalized spacial score (nSPS) is 18.8. The van der Waals surface area contributed by atoms with E-state index in [0.717, 1.165) is 13.0 Å². The second kappa shape index (κ2) is 7.82. The summed E-state index contributed by atoms with van der Waals surface area (Å²) in [5.74, 6) is 0.625. The summed E-state index contributed by atoms with van der Waals surface area (Å²) in [5, 5.41) is 13.3. The van der Waals surface area contributed by atoms with Crippen LogP contribution in [0.1, 0.15) is 33.1 Å². The van der Waals surface area contributed by atoms with Crippen molar-refractivity contribution >= 4 is 5.91 Å². The Morgan fingerprint density at radius 3 is 2.63 bits per heavy atom. The molecule has 1 fully saturated rings. The molecule has 0 unspecified atom stereocenters. The lowest BCUT2D eigenvalue weighted by atomic mass is 9.94. The van der Waals surface area contributed by atoms with E-state index in [9.17, 15) is 9.90 Å². The zero-order valence-corrected chi connectivity index (χ0v) is 12.4. The van der Waals surface area contributed by atoms with Crippen LogP contribution in [0.4, 0.5) is 0 Å². The molecule has 0 aromatic rings. The smallest absolute Gasteiger partial charge is 0.234 e. The fourth-order valence-corrected chi connectivity index (χ4v) is 2.27. The molecule has 0 saturated carbocycles. The van der Waals surface area contributed by atoms with Gasteiger partial charge in [0.25, 0.3) is 0 Å². The van der Waals surface area contributed by atoms with E-state index in [-0.39, 0.29) is 5.91 Å². The molecule has 1 heterocycles. The number of ether oxygens (including phenoxy) is 1. The van der Waals surface area contributed by atoms with Crippen LogP contribution in [0.3, 0.4) is 0 Å². The van der Waals surface area contributed by atoms with Crippen LogP contribution in [0.25, 0.3) is 0 Å². The van der Waals surface area contributed by atoms with Crippen molar-refractivity contribution in [2.45, 2.75) is 38.7 Å². The van der Waals surface area contributed by atoms with E-state index < -0.39 is 5.60 Å². The van der Waals surface area contributed by atoms with Crippen molar-refractivity contribution in [2.75, 3.05) is 39.9 Å². The van der Waals surface area contributed by atoms with Gasteiger partial charge in [-0.1, -0.05) is 13.8 Å². The molecule has 5 heteroatoms. The molecule has 1 rings (SSSR count). The average molecular weight is 272 g/mol. The SMILES string of the molecule is CC(C)CCNC(=O)CN(C)CC1(O)CCOCC1. The first kappa shape index (κ1) is 16.4. The van der Waals surface area contributed by atoms with E-state index in [0.29, 0.717) is 45.1 Å². The molecule has 0 aliphatic carbocycles. The maximum absolute atomic E-state index is 11.7. The van der Waals surface area contributed by atoms with Crippen LogP contribution in [0.5, 0.6) is 0 Å². The van der Waals surface area contributed by atoms with E-state index in [4.69, 9.17) is 4.74 Å². The standard InChI is InChI=1S/C14H28N2O3/c1-12(2)4-7-15-13(17)10-16(3)11-14(18)5-8-19-9-6-14/h12,18H,4-11H2,1-3H3,(H,15,17). The minimum absolute atomic E-state index is 0.0267. The third-order valence-corrected chi connectivity index (χ3v) is 3.45. The summed E-state index contributed by atoms with van der Waals surface area (Å²) in [4.78, 5) is 13.6. The van der Waals surface area contributed by atoms with Gasteiger partial charge in [-0.2, -0.15) is 0 Å². The number of hydrogen-bond donors (Lipinski definition) is 2. The number of hydrogen-bond acceptors (Lipinski definition) is 4. The van der Waals surface area contributed by atoms with Gasteiger partial charge in [0.2, 0.25) is 5.91 Å². The number of rotatable bonds is 7. The Morgan fingerprint density at radius 2 is 2.05 bits per heavy atom. The van der Waals surface area contributed by atoms with Gasteiger partial charge < -0.3 is 15.2 Å². The lowest BCUT2D eigenvalue weighted by Crippen LogP contribution is -2.48. The molecule has 1 aliphatic rings. The van der Waals surface area contributed by atoms with Crippen LogP contribution < -0.4 is 5.32 Å². The highest BCUT2D eigenvalue weighted by Gasteiger charge is 2.31. The first-order valence-electron chi connectivity index (χ1n) is 7.17. The van der Waals surface area contributed by atoms with E-state index in [2.05, 4.69) is 19.2 Å². The van der Waals surface area contributed by atoms with Gasteiger partial charge in [0.1, 0.15) is 0 Å². The third kappa shape index (κ3) is 6.89. The summed E-state index contributed by atoms with van der Waals surface area (Å²) in [6.07, 6.45) is 2.29. The molecular formula is C14H28N2O3. The number of carbonyl (C=O) groups excluding carboxylic acids is 1. The quantitative estimate of drug-likeness (QED) is 0.713. The molecule has 1 saturated heterocycles. The summed E-state index contributed by atoms with van der Waals surface area (Å²) >= 11 is 0. The topological polar surface area (TPSA) is 61.8 Å². The van der Waals surface area contributed by atoms with Crippen LogP contribution in [-0.2, 0) is 9.53 Å². The predicted molar refractivity (Wildman–Crippen MR) is 75.0 cm³/mol. The average Bonchev–Trinajstić information content (AvgIpc) is 2.28. The fraction of sp³-hybridized carbons (Fsp3) is 0.929. The summed E-state index contributed by atoms with van der Waals surface area (Å²) in [6, 6.07) is 0. The lowest BCUT2D eigenvalue weighted by Gasteiger charge is -2.35. The molecule has 0 atom stereocenters. The summed E-state index contributed by atoms with van der Waals surface area (Å²) in [5.41, 5.74) is -0.703. The number of nitrogens with one attached hydrogen (secondary N) is 1. The zero-order chi connectivity index (χ0) is 14.3. The minimum atomic E-state index is -0.703. The molecule has 1 aliphatic heterocycles. The second-order valence-electron chi connectivity index (χ2n) is 6.04. The van der Waals surface area contributed by atoms with Crippen LogP contribution in [-0.4, -0.2) is 61.4 Å². The van der Waals surface area contributed by atoms with Gasteiger partial charge in [-0.3, -0.25) is 9.69 Å². The maximum Gasteiger partial charge on any atom is 0.234 e. The summed E-state index contributed by atoms with van der Waals surface area (Å²) in [7, 11) is 1.87. The number of likely N-dealkylation sites (N-methyl/N-ethyl adjacent to an activating group) is 1. The Kier molecular flexibility index (Phi) is 6.75. The van der Waals surface area contributed by atoms with Crippen molar-refractivity contribution in [3.8, 4) is 0 Å². The minimum Gasteiger partial charge on any atom is -0.388 e. The fourth-order valence-electron chi connectivity index (χ4n) is 2.27. The van der Waals surface area contributed by atoms with Gasteiger partial charge in [-0.25, -0.2) is 0 Å². The van der Waals surface area contributed by atoms with Crippen LogP contribution in [0.2, 0.25) is 0 Å². The summed E-state index contributed by atoms with van der Waals surface area (Å²) < 4.78 is 5.25. The molecule has 0 aromatic carbocycles. The Balaban J connectivity index is 2.22. The first-order chi connectivity index (χ1) is 8.91. The number of amides is 1. The Hall–Kier alpha value is -0.650. The highest BCUT2D eigenvalue weighted by atomic mass is 16.5. The van der Waals surface area contributed by atoms with Crippen molar-refractivity contribution in [1.82, 2.24) is 10.2 Å². The van der Waals surface area contributed by atoms with Crippen molar-refractivity contribution in [1.29, 1.82) is 0 Å². The highest BCUT2D eigenvalue weighted by Crippen LogP contribution is 2.20. The molecule has 0 spiro atoms. The van der Waals surface area contributed by atoms with Gasteiger partial charge in [-0.05, 0) is 19.4 Å². The molecule has 1 amide bonds. The molecule has 0 radical (unpaired) electrons. The largest absolute Gasteiger partial charge is 0.388 e. The molecular weight excluding hydrogens is 244 g/mol. The Morgan fingerprint density at radius 1 is 1.42 bits per heavy atom. The van der Waals surface area contributed by atoms with E-state index >= 15 is 0 Å². The van der Waals surface area contributed by atoms with E-state index in [1.807, 2.05) is 11.9 Å². The van der Waals surface area contributed by atoms with Gasteiger partial charge in [0, 0.05) is 39.1 Å². The van der Waals surface area contributed by atoms with Crippen molar-refractivity contribution in [2.24, 2.45) is 5.92 Å². The highest BCUT2D eigenvalue weighted by molar-refractivity contribution is 5.77. The Labute approximate surface area is 116 Å². The molecule has 0 aromatic heterocycles. The third-order valence-electron chi connectivity index (χ3n) is 3.45. The van der Waals surface area contributed by atoms with Crippen molar-refractivity contribution in [3.63, 3.8) is 0 Å². The van der Waals surface area contributed by atoms with Crippen molar-refractivity contribution in [3.05, 3.63) is 0 Å². The van der Waals surface area contributed by atoms with Gasteiger partial charge in [0.05, 0.1) is 12.1 Å². The number of nitrogens with zero attached hydrogens (tertiary/aromatic N) is 1. The van der Waals surface area contributed by atoms with Gasteiger partial charge in [-0.15, -0.1) is 0 Å².